The van der Waals surface area contributed by atoms with Crippen LogP contribution in [0.2, 0.25) is 0 Å². The lowest BCUT2D eigenvalue weighted by Crippen LogP contribution is -2.40. The minimum Gasteiger partial charge on any atom is -0.367 e. The van der Waals surface area contributed by atoms with Gasteiger partial charge in [-0.15, -0.1) is 0 Å². The fourth-order valence-electron chi connectivity index (χ4n) is 3.71. The van der Waals surface area contributed by atoms with E-state index in [1.807, 2.05) is 11.7 Å². The molecule has 1 spiro atoms. The molecule has 1 fully saturated rings. The summed E-state index contributed by atoms with van der Waals surface area (Å²) in [6.07, 6.45) is 8.75. The zero-order chi connectivity index (χ0) is 14.9. The zero-order valence-corrected chi connectivity index (χ0v) is 13.2. The lowest BCUT2D eigenvalue weighted by Gasteiger charge is -2.29. The van der Waals surface area contributed by atoms with E-state index < -0.39 is 0 Å². The predicted molar refractivity (Wildman–Crippen MR) is 84.5 cm³/mol. The van der Waals surface area contributed by atoms with E-state index in [1.165, 1.54) is 12.8 Å². The van der Waals surface area contributed by atoms with Crippen molar-refractivity contribution >= 4 is 17.4 Å². The van der Waals surface area contributed by atoms with Crippen molar-refractivity contribution in [1.29, 1.82) is 0 Å². The molecule has 0 radical (unpaired) electrons. The Hall–Kier alpha value is -1.52. The SMILES string of the molecule is CCCc1nn(C)c2c1NC(=O)C1(CCCCCC1)CN2. The van der Waals surface area contributed by atoms with Gasteiger partial charge < -0.3 is 10.6 Å². The normalized spacial score (nSPS) is 21.1. The van der Waals surface area contributed by atoms with Crippen molar-refractivity contribution in [1.82, 2.24) is 9.78 Å². The third-order valence-electron chi connectivity index (χ3n) is 4.98. The van der Waals surface area contributed by atoms with Gasteiger partial charge in [0.2, 0.25) is 5.91 Å². The van der Waals surface area contributed by atoms with E-state index in [9.17, 15) is 4.79 Å². The van der Waals surface area contributed by atoms with E-state index in [1.54, 1.807) is 0 Å². The Morgan fingerprint density at radius 2 is 1.95 bits per heavy atom. The Kier molecular flexibility index (Phi) is 3.91. The van der Waals surface area contributed by atoms with Crippen LogP contribution in [-0.2, 0) is 18.3 Å². The standard InChI is InChI=1S/C16H26N4O/c1-3-8-12-13-14(20(2)19-12)17-11-16(15(21)18-13)9-6-4-5-7-10-16/h17H,3-11H2,1-2H3,(H,18,21). The average Bonchev–Trinajstić information content (AvgIpc) is 2.66. The number of aromatic nitrogens is 2. The Labute approximate surface area is 126 Å². The van der Waals surface area contributed by atoms with Gasteiger partial charge in [0, 0.05) is 13.6 Å². The smallest absolute Gasteiger partial charge is 0.232 e. The summed E-state index contributed by atoms with van der Waals surface area (Å²) in [5.74, 6) is 1.16. The van der Waals surface area contributed by atoms with Crippen LogP contribution < -0.4 is 10.6 Å². The Morgan fingerprint density at radius 3 is 2.62 bits per heavy atom. The van der Waals surface area contributed by atoms with Crippen molar-refractivity contribution in [2.24, 2.45) is 12.5 Å². The molecule has 2 heterocycles. The predicted octanol–water partition coefficient (Wildman–Crippen LogP) is 3.08. The highest BCUT2D eigenvalue weighted by atomic mass is 16.2. The molecule has 2 N–H and O–H groups in total. The number of amides is 1. The second-order valence-electron chi connectivity index (χ2n) is 6.55. The molecule has 1 aromatic rings. The molecule has 1 saturated carbocycles. The molecule has 1 aliphatic heterocycles. The number of hydrogen-bond acceptors (Lipinski definition) is 3. The van der Waals surface area contributed by atoms with Crippen LogP contribution in [0.5, 0.6) is 0 Å². The number of nitrogens with zero attached hydrogens (tertiary/aromatic N) is 2. The van der Waals surface area contributed by atoms with Crippen LogP contribution >= 0.6 is 0 Å². The molecule has 0 atom stereocenters. The van der Waals surface area contributed by atoms with Crippen LogP contribution in [-0.4, -0.2) is 22.2 Å². The van der Waals surface area contributed by atoms with Gasteiger partial charge in [-0.3, -0.25) is 9.48 Å². The van der Waals surface area contributed by atoms with Crippen LogP contribution in [0.1, 0.15) is 57.6 Å². The molecule has 0 unspecified atom stereocenters. The highest BCUT2D eigenvalue weighted by Crippen LogP contribution is 2.40. The quantitative estimate of drug-likeness (QED) is 0.880. The van der Waals surface area contributed by atoms with E-state index in [0.29, 0.717) is 0 Å². The monoisotopic (exact) mass is 290 g/mol. The zero-order valence-electron chi connectivity index (χ0n) is 13.2. The van der Waals surface area contributed by atoms with Gasteiger partial charge in [0.25, 0.3) is 0 Å². The first-order valence-electron chi connectivity index (χ1n) is 8.27. The summed E-state index contributed by atoms with van der Waals surface area (Å²) >= 11 is 0. The molecule has 5 nitrogen and oxygen atoms in total. The highest BCUT2D eigenvalue weighted by Gasteiger charge is 2.41. The van der Waals surface area contributed by atoms with Crippen molar-refractivity contribution < 1.29 is 4.79 Å². The van der Waals surface area contributed by atoms with Gasteiger partial charge in [0.1, 0.15) is 11.5 Å². The Morgan fingerprint density at radius 1 is 1.24 bits per heavy atom. The number of aryl methyl sites for hydroxylation is 2. The number of rotatable bonds is 2. The van der Waals surface area contributed by atoms with Crippen LogP contribution in [0.15, 0.2) is 0 Å². The van der Waals surface area contributed by atoms with Gasteiger partial charge in [-0.05, 0) is 19.3 Å². The van der Waals surface area contributed by atoms with E-state index in [2.05, 4.69) is 22.7 Å². The fourth-order valence-corrected chi connectivity index (χ4v) is 3.71. The molecule has 1 aliphatic carbocycles. The molecule has 21 heavy (non-hydrogen) atoms. The third-order valence-corrected chi connectivity index (χ3v) is 4.98. The van der Waals surface area contributed by atoms with E-state index in [-0.39, 0.29) is 11.3 Å². The summed E-state index contributed by atoms with van der Waals surface area (Å²) in [7, 11) is 1.95. The highest BCUT2D eigenvalue weighted by molar-refractivity contribution is 6.00. The van der Waals surface area contributed by atoms with Crippen molar-refractivity contribution in [3.8, 4) is 0 Å². The first kappa shape index (κ1) is 14.4. The van der Waals surface area contributed by atoms with Crippen molar-refractivity contribution in [3.05, 3.63) is 5.69 Å². The third kappa shape index (κ3) is 2.54. The minimum absolute atomic E-state index is 0.195. The minimum atomic E-state index is -0.237. The lowest BCUT2D eigenvalue weighted by molar-refractivity contribution is -0.125. The van der Waals surface area contributed by atoms with Crippen LogP contribution in [0.25, 0.3) is 0 Å². The molecule has 3 rings (SSSR count). The first-order valence-corrected chi connectivity index (χ1v) is 8.27. The first-order chi connectivity index (χ1) is 10.2. The number of carbonyl (C=O) groups is 1. The van der Waals surface area contributed by atoms with Crippen LogP contribution in [0.3, 0.4) is 0 Å². The van der Waals surface area contributed by atoms with E-state index in [4.69, 9.17) is 0 Å². The largest absolute Gasteiger partial charge is 0.367 e. The fraction of sp³-hybridized carbons (Fsp3) is 0.750. The molecule has 2 aliphatic rings. The summed E-state index contributed by atoms with van der Waals surface area (Å²) < 4.78 is 1.87. The van der Waals surface area contributed by atoms with Gasteiger partial charge in [-0.1, -0.05) is 39.0 Å². The van der Waals surface area contributed by atoms with Crippen molar-refractivity contribution in [2.75, 3.05) is 17.2 Å². The number of anilines is 2. The number of hydrogen-bond donors (Lipinski definition) is 2. The van der Waals surface area contributed by atoms with Gasteiger partial charge in [-0.25, -0.2) is 0 Å². The molecular formula is C16H26N4O. The summed E-state index contributed by atoms with van der Waals surface area (Å²) in [5, 5.41) is 11.3. The second kappa shape index (κ2) is 5.70. The van der Waals surface area contributed by atoms with Crippen LogP contribution in [0, 0.1) is 5.41 Å². The summed E-state index contributed by atoms with van der Waals surface area (Å²) in [4.78, 5) is 12.9. The Bertz CT molecular complexity index is 527. The topological polar surface area (TPSA) is 59.0 Å². The summed E-state index contributed by atoms with van der Waals surface area (Å²) in [6, 6.07) is 0. The van der Waals surface area contributed by atoms with Gasteiger partial charge in [-0.2, -0.15) is 5.10 Å². The van der Waals surface area contributed by atoms with Gasteiger partial charge in [0.15, 0.2) is 0 Å². The maximum absolute atomic E-state index is 12.9. The average molecular weight is 290 g/mol. The van der Waals surface area contributed by atoms with E-state index in [0.717, 1.165) is 62.3 Å². The Balaban J connectivity index is 1.91. The van der Waals surface area contributed by atoms with E-state index >= 15 is 0 Å². The molecular weight excluding hydrogens is 264 g/mol. The number of carbonyl (C=O) groups excluding carboxylic acids is 1. The molecule has 0 aromatic carbocycles. The summed E-state index contributed by atoms with van der Waals surface area (Å²) in [6.45, 7) is 2.87. The lowest BCUT2D eigenvalue weighted by atomic mass is 9.79. The van der Waals surface area contributed by atoms with Crippen molar-refractivity contribution in [2.45, 2.75) is 58.3 Å². The van der Waals surface area contributed by atoms with Crippen LogP contribution in [0.4, 0.5) is 11.5 Å². The second-order valence-corrected chi connectivity index (χ2v) is 6.55. The maximum Gasteiger partial charge on any atom is 0.232 e. The van der Waals surface area contributed by atoms with Crippen molar-refractivity contribution in [3.63, 3.8) is 0 Å². The molecule has 1 aromatic heterocycles. The van der Waals surface area contributed by atoms with Gasteiger partial charge >= 0.3 is 0 Å². The summed E-state index contributed by atoms with van der Waals surface area (Å²) in [5.41, 5.74) is 1.67. The molecule has 1 amide bonds. The molecule has 116 valence electrons. The number of nitrogens with one attached hydrogen (secondary N) is 2. The number of fused-ring (bicyclic) bond motifs is 1. The molecule has 0 bridgehead atoms. The maximum atomic E-state index is 12.9. The molecule has 0 saturated heterocycles. The molecule has 5 heteroatoms. The van der Waals surface area contributed by atoms with Gasteiger partial charge in [0.05, 0.1) is 11.1 Å².